The van der Waals surface area contributed by atoms with Crippen LogP contribution < -0.4 is 0 Å². The molecule has 2 aliphatic rings. The summed E-state index contributed by atoms with van der Waals surface area (Å²) in [7, 11) is 0. The van der Waals surface area contributed by atoms with Crippen molar-refractivity contribution in [3.63, 3.8) is 0 Å². The molecule has 0 bridgehead atoms. The molecule has 2 saturated heterocycles. The number of piperidine rings is 1. The molecule has 12 heteroatoms. The summed E-state index contributed by atoms with van der Waals surface area (Å²) in [5.74, 6) is -0.564. The molecular formula is C21H24ClF3N4O4. The van der Waals surface area contributed by atoms with Gasteiger partial charge in [0.15, 0.2) is 11.3 Å². The summed E-state index contributed by atoms with van der Waals surface area (Å²) in [5.41, 5.74) is -1.29. The summed E-state index contributed by atoms with van der Waals surface area (Å²) in [6.45, 7) is 4.44. The Kier molecular flexibility index (Phi) is 6.21. The Morgan fingerprint density at radius 2 is 2.09 bits per heavy atom. The minimum Gasteiger partial charge on any atom is -0.448 e. The number of halogens is 4. The minimum absolute atomic E-state index is 0.109. The number of carbonyl (C=O) groups excluding carboxylic acids is 2. The van der Waals surface area contributed by atoms with Gasteiger partial charge in [-0.2, -0.15) is 13.2 Å². The van der Waals surface area contributed by atoms with Crippen LogP contribution in [0.4, 0.5) is 18.0 Å². The Hall–Kier alpha value is -2.53. The van der Waals surface area contributed by atoms with Gasteiger partial charge in [0.1, 0.15) is 11.8 Å². The Bertz CT molecular complexity index is 1090. The molecule has 2 aliphatic heterocycles. The second kappa shape index (κ2) is 8.68. The highest BCUT2D eigenvalue weighted by Crippen LogP contribution is 2.35. The van der Waals surface area contributed by atoms with Crippen LogP contribution >= 0.6 is 11.6 Å². The van der Waals surface area contributed by atoms with Crippen molar-refractivity contribution in [1.29, 1.82) is 0 Å². The molecule has 33 heavy (non-hydrogen) atoms. The van der Waals surface area contributed by atoms with E-state index in [4.69, 9.17) is 16.3 Å². The van der Waals surface area contributed by atoms with Crippen molar-refractivity contribution in [3.05, 3.63) is 34.2 Å². The fraction of sp³-hybridized carbons (Fsp3) is 0.571. The molecule has 2 amide bonds. The maximum Gasteiger partial charge on any atom is 0.419 e. The number of aliphatic hydroxyl groups excluding tert-OH is 1. The van der Waals surface area contributed by atoms with Crippen LogP contribution in [0.5, 0.6) is 0 Å². The average Bonchev–Trinajstić information content (AvgIpc) is 3.29. The van der Waals surface area contributed by atoms with Gasteiger partial charge in [0.05, 0.1) is 24.3 Å². The molecule has 4 heterocycles. The number of ether oxygens (including phenoxy) is 1. The average molecular weight is 489 g/mol. The second-order valence-electron chi connectivity index (χ2n) is 8.78. The van der Waals surface area contributed by atoms with Gasteiger partial charge >= 0.3 is 12.3 Å². The van der Waals surface area contributed by atoms with Gasteiger partial charge in [-0.25, -0.2) is 9.78 Å². The summed E-state index contributed by atoms with van der Waals surface area (Å²) in [4.78, 5) is 31.6. The number of nitrogens with zero attached hydrogens (tertiary/aromatic N) is 4. The first-order valence-electron chi connectivity index (χ1n) is 10.7. The molecule has 0 aliphatic carbocycles. The number of cyclic esters (lactones) is 1. The Labute approximate surface area is 192 Å². The quantitative estimate of drug-likeness (QED) is 0.714. The first kappa shape index (κ1) is 23.6. The number of carbonyl (C=O) groups is 2. The van der Waals surface area contributed by atoms with E-state index in [1.807, 2.05) is 13.8 Å². The van der Waals surface area contributed by atoms with Gasteiger partial charge in [-0.1, -0.05) is 25.4 Å². The number of β-amino-alcohol motifs (C(OH)–C–C–N with tert-alkyl or cyclic N) is 1. The zero-order chi connectivity index (χ0) is 24.1. The van der Waals surface area contributed by atoms with E-state index >= 15 is 0 Å². The Morgan fingerprint density at radius 3 is 2.67 bits per heavy atom. The van der Waals surface area contributed by atoms with Crippen LogP contribution in [0.3, 0.4) is 0 Å². The van der Waals surface area contributed by atoms with Crippen LogP contribution in [-0.2, 0) is 17.3 Å². The highest BCUT2D eigenvalue weighted by Gasteiger charge is 2.40. The number of rotatable bonds is 4. The van der Waals surface area contributed by atoms with E-state index in [9.17, 15) is 27.9 Å². The molecule has 2 atom stereocenters. The number of aliphatic hydroxyl groups is 1. The molecule has 4 rings (SSSR count). The highest BCUT2D eigenvalue weighted by atomic mass is 35.5. The molecule has 0 spiro atoms. The SMILES string of the molecule is CC(C)Cc1cc(C(F)(F)F)c2nc(C(=O)N3CCC(N4CCOC4=O)[C@@H](O)C3)c(Cl)n2c1. The van der Waals surface area contributed by atoms with Gasteiger partial charge in [0, 0.05) is 19.3 Å². The van der Waals surface area contributed by atoms with Crippen LogP contribution in [0.25, 0.3) is 5.65 Å². The highest BCUT2D eigenvalue weighted by molar-refractivity contribution is 6.33. The number of aromatic nitrogens is 2. The first-order valence-corrected chi connectivity index (χ1v) is 11.0. The summed E-state index contributed by atoms with van der Waals surface area (Å²) >= 11 is 6.34. The van der Waals surface area contributed by atoms with Gasteiger partial charge in [-0.3, -0.25) is 14.1 Å². The summed E-state index contributed by atoms with van der Waals surface area (Å²) < 4.78 is 47.2. The van der Waals surface area contributed by atoms with Crippen molar-refractivity contribution >= 4 is 29.2 Å². The van der Waals surface area contributed by atoms with Crippen molar-refractivity contribution in [1.82, 2.24) is 19.2 Å². The molecule has 2 aromatic rings. The molecule has 0 saturated carbocycles. The van der Waals surface area contributed by atoms with Crippen LogP contribution in [0.15, 0.2) is 12.3 Å². The summed E-state index contributed by atoms with van der Waals surface area (Å²) in [6, 6.07) is 0.535. The van der Waals surface area contributed by atoms with Crippen molar-refractivity contribution < 1.29 is 32.6 Å². The first-order chi connectivity index (χ1) is 15.5. The van der Waals surface area contributed by atoms with E-state index in [1.54, 1.807) is 0 Å². The van der Waals surface area contributed by atoms with E-state index in [0.717, 1.165) is 10.5 Å². The van der Waals surface area contributed by atoms with Crippen LogP contribution in [0.1, 0.15) is 41.9 Å². The predicted molar refractivity (Wildman–Crippen MR) is 112 cm³/mol. The van der Waals surface area contributed by atoms with E-state index < -0.39 is 41.5 Å². The van der Waals surface area contributed by atoms with Crippen molar-refractivity contribution in [3.8, 4) is 0 Å². The number of amides is 2. The van der Waals surface area contributed by atoms with Gasteiger partial charge in [-0.15, -0.1) is 0 Å². The Balaban J connectivity index is 1.63. The number of hydrogen-bond acceptors (Lipinski definition) is 5. The lowest BCUT2D eigenvalue weighted by molar-refractivity contribution is -0.136. The molecule has 1 N–H and O–H groups in total. The normalized spacial score (nSPS) is 21.9. The number of imidazole rings is 1. The molecule has 0 aromatic carbocycles. The predicted octanol–water partition coefficient (Wildman–Crippen LogP) is 3.23. The van der Waals surface area contributed by atoms with E-state index in [0.29, 0.717) is 24.9 Å². The molecule has 2 aromatic heterocycles. The number of fused-ring (bicyclic) bond motifs is 1. The number of likely N-dealkylation sites (tertiary alicyclic amines) is 1. The summed E-state index contributed by atoms with van der Waals surface area (Å²) in [5, 5.41) is 10.3. The van der Waals surface area contributed by atoms with Gasteiger partial charge in [0.2, 0.25) is 0 Å². The topological polar surface area (TPSA) is 87.4 Å². The third-order valence-corrected chi connectivity index (χ3v) is 6.26. The molecule has 0 radical (unpaired) electrons. The fourth-order valence-electron chi connectivity index (χ4n) is 4.43. The Morgan fingerprint density at radius 1 is 1.36 bits per heavy atom. The lowest BCUT2D eigenvalue weighted by atomic mass is 10.00. The second-order valence-corrected chi connectivity index (χ2v) is 9.14. The third kappa shape index (κ3) is 4.48. The van der Waals surface area contributed by atoms with E-state index in [-0.39, 0.29) is 36.5 Å². The monoisotopic (exact) mass is 488 g/mol. The van der Waals surface area contributed by atoms with Gasteiger partial charge in [-0.05, 0) is 30.4 Å². The number of pyridine rings is 1. The third-order valence-electron chi connectivity index (χ3n) is 5.90. The van der Waals surface area contributed by atoms with E-state index in [1.165, 1.54) is 16.0 Å². The number of alkyl halides is 3. The summed E-state index contributed by atoms with van der Waals surface area (Å²) in [6.07, 6.45) is -4.07. The lowest BCUT2D eigenvalue weighted by Gasteiger charge is -2.38. The van der Waals surface area contributed by atoms with Crippen LogP contribution in [-0.4, -0.2) is 74.7 Å². The maximum atomic E-state index is 13.7. The van der Waals surface area contributed by atoms with Crippen LogP contribution in [0.2, 0.25) is 5.15 Å². The van der Waals surface area contributed by atoms with Crippen molar-refractivity contribution in [2.24, 2.45) is 5.92 Å². The number of hydrogen-bond donors (Lipinski definition) is 1. The van der Waals surface area contributed by atoms with Crippen LogP contribution in [0, 0.1) is 5.92 Å². The molecule has 1 unspecified atom stereocenters. The maximum absolute atomic E-state index is 13.7. The standard InChI is InChI=1S/C21H24ClF3N4O4/c1-11(2)7-12-8-13(21(23,24)25)18-26-16(17(22)29(18)9-12)19(31)27-4-3-14(15(30)10-27)28-5-6-33-20(28)32/h8-9,11,14-15,30H,3-7,10H2,1-2H3/t14?,15-/m0/s1. The molecular weight excluding hydrogens is 465 g/mol. The van der Waals surface area contributed by atoms with Gasteiger partial charge < -0.3 is 14.7 Å². The molecule has 180 valence electrons. The zero-order valence-corrected chi connectivity index (χ0v) is 18.9. The zero-order valence-electron chi connectivity index (χ0n) is 18.1. The fourth-order valence-corrected chi connectivity index (χ4v) is 4.68. The molecule has 2 fully saturated rings. The van der Waals surface area contributed by atoms with Crippen molar-refractivity contribution in [2.45, 2.75) is 45.0 Å². The van der Waals surface area contributed by atoms with E-state index in [2.05, 4.69) is 4.98 Å². The smallest absolute Gasteiger partial charge is 0.419 e. The molecule has 8 nitrogen and oxygen atoms in total. The van der Waals surface area contributed by atoms with Crippen molar-refractivity contribution in [2.75, 3.05) is 26.2 Å². The van der Waals surface area contributed by atoms with Gasteiger partial charge in [0.25, 0.3) is 5.91 Å². The largest absolute Gasteiger partial charge is 0.448 e. The lowest BCUT2D eigenvalue weighted by Crippen LogP contribution is -2.55. The minimum atomic E-state index is -4.68.